The number of sulfonamides is 1. The highest BCUT2D eigenvalue weighted by molar-refractivity contribution is 7.88. The van der Waals surface area contributed by atoms with Crippen molar-refractivity contribution in [2.24, 2.45) is 0 Å². The van der Waals surface area contributed by atoms with Gasteiger partial charge >= 0.3 is 0 Å². The molecule has 2 saturated heterocycles. The lowest BCUT2D eigenvalue weighted by Gasteiger charge is -2.38. The lowest BCUT2D eigenvalue weighted by Crippen LogP contribution is -2.56. The zero-order valence-corrected chi connectivity index (χ0v) is 27.4. The van der Waals surface area contributed by atoms with Crippen LogP contribution in [0.4, 0.5) is 0 Å². The van der Waals surface area contributed by atoms with Crippen LogP contribution in [0.25, 0.3) is 0 Å². The Morgan fingerprint density at radius 2 is 1.56 bits per heavy atom. The molecule has 3 aromatic carbocycles. The molecule has 0 unspecified atom stereocenters. The highest BCUT2D eigenvalue weighted by Gasteiger charge is 2.46. The smallest absolute Gasteiger partial charge is 0.246 e. The molecule has 10 heteroatoms. The summed E-state index contributed by atoms with van der Waals surface area (Å²) in [5.74, 6) is 0.0938. The van der Waals surface area contributed by atoms with Gasteiger partial charge in [0.15, 0.2) is 0 Å². The van der Waals surface area contributed by atoms with E-state index in [9.17, 15) is 18.0 Å². The predicted molar refractivity (Wildman–Crippen MR) is 176 cm³/mol. The molecule has 0 spiro atoms. The maximum absolute atomic E-state index is 14.4. The molecule has 45 heavy (non-hydrogen) atoms. The monoisotopic (exact) mass is 648 g/mol. The van der Waals surface area contributed by atoms with Crippen LogP contribution in [0.15, 0.2) is 72.8 Å². The quantitative estimate of drug-likeness (QED) is 0.407. The average molecular weight is 649 g/mol. The van der Waals surface area contributed by atoms with Gasteiger partial charge in [-0.05, 0) is 71.6 Å². The number of carbonyl (C=O) groups is 2. The van der Waals surface area contributed by atoms with Gasteiger partial charge in [0.1, 0.15) is 6.04 Å². The normalized spacial score (nSPS) is 22.4. The van der Waals surface area contributed by atoms with Crippen LogP contribution in [0.2, 0.25) is 5.02 Å². The lowest BCUT2D eigenvalue weighted by atomic mass is 9.85. The van der Waals surface area contributed by atoms with Crippen LogP contribution in [0.1, 0.15) is 58.9 Å². The molecule has 238 valence electrons. The zero-order chi connectivity index (χ0) is 31.7. The first kappa shape index (κ1) is 31.7. The number of halogens is 1. The molecule has 8 nitrogen and oxygen atoms in total. The number of hydrogen-bond donors (Lipinski definition) is 1. The van der Waals surface area contributed by atoms with Gasteiger partial charge in [-0.3, -0.25) is 9.59 Å². The summed E-state index contributed by atoms with van der Waals surface area (Å²) in [6, 6.07) is 22.9. The summed E-state index contributed by atoms with van der Waals surface area (Å²) < 4.78 is 25.5. The molecule has 2 amide bonds. The van der Waals surface area contributed by atoms with Gasteiger partial charge in [-0.25, -0.2) is 12.7 Å². The summed E-state index contributed by atoms with van der Waals surface area (Å²) in [6.07, 6.45) is 4.09. The molecule has 6 rings (SSSR count). The van der Waals surface area contributed by atoms with Crippen LogP contribution in [-0.4, -0.2) is 79.4 Å². The number of amides is 2. The fraction of sp³-hybridized carbons (Fsp3) is 0.429. The van der Waals surface area contributed by atoms with Crippen molar-refractivity contribution in [3.05, 3.63) is 106 Å². The van der Waals surface area contributed by atoms with E-state index in [1.807, 2.05) is 64.4 Å². The van der Waals surface area contributed by atoms with Gasteiger partial charge in [0.05, 0.1) is 12.3 Å². The van der Waals surface area contributed by atoms with Crippen molar-refractivity contribution in [2.45, 2.75) is 62.7 Å². The van der Waals surface area contributed by atoms with Crippen LogP contribution >= 0.6 is 11.6 Å². The van der Waals surface area contributed by atoms with Crippen LogP contribution in [0.5, 0.6) is 0 Å². The van der Waals surface area contributed by atoms with Crippen molar-refractivity contribution in [1.82, 2.24) is 19.4 Å². The largest absolute Gasteiger partial charge is 0.341 e. The summed E-state index contributed by atoms with van der Waals surface area (Å²) in [4.78, 5) is 32.3. The van der Waals surface area contributed by atoms with Crippen molar-refractivity contribution in [3.63, 3.8) is 0 Å². The molecular formula is C35H41ClN4O4S. The van der Waals surface area contributed by atoms with Gasteiger partial charge in [0, 0.05) is 50.7 Å². The Bertz CT molecular complexity index is 1660. The Morgan fingerprint density at radius 3 is 2.27 bits per heavy atom. The van der Waals surface area contributed by atoms with Gasteiger partial charge in [0.25, 0.3) is 0 Å². The van der Waals surface area contributed by atoms with Crippen LogP contribution in [-0.2, 0) is 39.1 Å². The summed E-state index contributed by atoms with van der Waals surface area (Å²) in [5, 5.41) is 4.07. The Hall–Kier alpha value is -3.24. The summed E-state index contributed by atoms with van der Waals surface area (Å²) in [7, 11) is -1.71. The van der Waals surface area contributed by atoms with Crippen molar-refractivity contribution >= 4 is 33.4 Å². The number of fused-ring (bicyclic) bond motifs is 1. The van der Waals surface area contributed by atoms with E-state index in [0.29, 0.717) is 50.6 Å². The number of hydrogen-bond acceptors (Lipinski definition) is 5. The third-order valence-electron chi connectivity index (χ3n) is 9.87. The number of nitrogens with zero attached hydrogens (tertiary/aromatic N) is 3. The highest BCUT2D eigenvalue weighted by Crippen LogP contribution is 2.38. The first-order chi connectivity index (χ1) is 21.6. The molecule has 0 aromatic heterocycles. The lowest BCUT2D eigenvalue weighted by molar-refractivity contribution is -0.146. The van der Waals surface area contributed by atoms with Gasteiger partial charge in [-0.2, -0.15) is 0 Å². The van der Waals surface area contributed by atoms with E-state index in [1.165, 1.54) is 21.7 Å². The highest BCUT2D eigenvalue weighted by atomic mass is 35.5. The molecule has 0 radical (unpaired) electrons. The molecule has 3 atom stereocenters. The molecule has 3 aromatic rings. The Kier molecular flexibility index (Phi) is 9.34. The summed E-state index contributed by atoms with van der Waals surface area (Å²) in [6.45, 7) is 2.64. The first-order valence-electron chi connectivity index (χ1n) is 15.7. The van der Waals surface area contributed by atoms with Crippen LogP contribution in [0.3, 0.4) is 0 Å². The Labute approximate surface area is 271 Å². The number of likely N-dealkylation sites (tertiary alicyclic amines) is 2. The SMILES string of the molecule is CN(Cc1ccccc1C1CCN(C(=O)[C@H]2[C@H](c3ccc(Cl)cc3)CCN2C(=O)[C@@H]2Cc3ccccc3CN2)CC1)S(C)(=O)=O. The Morgan fingerprint density at radius 1 is 0.889 bits per heavy atom. The molecule has 3 heterocycles. The second-order valence-electron chi connectivity index (χ2n) is 12.6. The minimum atomic E-state index is -3.31. The minimum Gasteiger partial charge on any atom is -0.341 e. The molecule has 0 bridgehead atoms. The molecular weight excluding hydrogens is 608 g/mol. The fourth-order valence-corrected chi connectivity index (χ4v) is 7.76. The summed E-state index contributed by atoms with van der Waals surface area (Å²) >= 11 is 6.21. The number of nitrogens with one attached hydrogen (secondary N) is 1. The van der Waals surface area contributed by atoms with Gasteiger partial charge < -0.3 is 15.1 Å². The van der Waals surface area contributed by atoms with Crippen LogP contribution < -0.4 is 5.32 Å². The molecule has 1 N–H and O–H groups in total. The molecule has 2 fully saturated rings. The number of piperidine rings is 1. The van der Waals surface area contributed by atoms with E-state index < -0.39 is 16.1 Å². The fourth-order valence-electron chi connectivity index (χ4n) is 7.26. The molecule has 3 aliphatic heterocycles. The van der Waals surface area contributed by atoms with Crippen molar-refractivity contribution in [2.75, 3.05) is 32.9 Å². The van der Waals surface area contributed by atoms with E-state index in [0.717, 1.165) is 29.5 Å². The van der Waals surface area contributed by atoms with E-state index in [1.54, 1.807) is 7.05 Å². The van der Waals surface area contributed by atoms with Crippen LogP contribution in [0, 0.1) is 0 Å². The minimum absolute atomic E-state index is 0.000513. The van der Waals surface area contributed by atoms with Crippen molar-refractivity contribution in [3.8, 4) is 0 Å². The third kappa shape index (κ3) is 6.82. The number of benzene rings is 3. The maximum Gasteiger partial charge on any atom is 0.246 e. The second kappa shape index (κ2) is 13.2. The van der Waals surface area contributed by atoms with Crippen molar-refractivity contribution < 1.29 is 18.0 Å². The second-order valence-corrected chi connectivity index (χ2v) is 15.2. The van der Waals surface area contributed by atoms with E-state index in [2.05, 4.69) is 23.5 Å². The third-order valence-corrected chi connectivity index (χ3v) is 11.4. The Balaban J connectivity index is 1.20. The topological polar surface area (TPSA) is 90.0 Å². The van der Waals surface area contributed by atoms with Gasteiger partial charge in [-0.1, -0.05) is 72.3 Å². The zero-order valence-electron chi connectivity index (χ0n) is 25.9. The van der Waals surface area contributed by atoms with Crippen molar-refractivity contribution in [1.29, 1.82) is 0 Å². The van der Waals surface area contributed by atoms with E-state index in [-0.39, 0.29) is 29.7 Å². The number of rotatable bonds is 7. The van der Waals surface area contributed by atoms with E-state index in [4.69, 9.17) is 11.6 Å². The molecule has 0 aliphatic carbocycles. The summed E-state index contributed by atoms with van der Waals surface area (Å²) in [5.41, 5.74) is 5.54. The number of carbonyl (C=O) groups excluding carboxylic acids is 2. The standard InChI is InChI=1S/C35H41ClN4O4S/c1-38(45(2,43)44)23-28-9-5-6-10-30(28)25-15-18-39(19-16-25)35(42)33-31(24-11-13-29(36)14-12-24)17-20-40(33)34(41)32-21-26-7-3-4-8-27(26)22-37-32/h3-14,25,31-33,37H,15-23H2,1-2H3/t31-,32-,33+/m0/s1. The van der Waals surface area contributed by atoms with Gasteiger partial charge in [-0.15, -0.1) is 0 Å². The molecule has 3 aliphatic rings. The van der Waals surface area contributed by atoms with E-state index >= 15 is 0 Å². The maximum atomic E-state index is 14.4. The molecule has 0 saturated carbocycles. The first-order valence-corrected chi connectivity index (χ1v) is 18.0. The predicted octanol–water partition coefficient (Wildman–Crippen LogP) is 4.54. The van der Waals surface area contributed by atoms with Gasteiger partial charge in [0.2, 0.25) is 21.8 Å². The average Bonchev–Trinajstić information content (AvgIpc) is 3.49.